The van der Waals surface area contributed by atoms with E-state index in [0.29, 0.717) is 35.7 Å². The Bertz CT molecular complexity index is 983. The quantitative estimate of drug-likeness (QED) is 0.731. The first-order valence-corrected chi connectivity index (χ1v) is 12.6. The number of carbonyl (C=O) groups excluding carboxylic acids is 2. The number of nitrogens with zero attached hydrogens (tertiary/aromatic N) is 2. The van der Waals surface area contributed by atoms with Gasteiger partial charge in [0.15, 0.2) is 0 Å². The van der Waals surface area contributed by atoms with Gasteiger partial charge in [0.1, 0.15) is 5.82 Å². The van der Waals surface area contributed by atoms with Gasteiger partial charge in [-0.2, -0.15) is 0 Å². The Morgan fingerprint density at radius 2 is 1.91 bits per heavy atom. The van der Waals surface area contributed by atoms with Crippen molar-refractivity contribution in [2.45, 2.75) is 69.9 Å². The molecule has 2 aliphatic heterocycles. The Kier molecular flexibility index (Phi) is 4.81. The number of rotatable bonds is 3. The van der Waals surface area contributed by atoms with Crippen molar-refractivity contribution in [1.29, 1.82) is 0 Å². The van der Waals surface area contributed by atoms with E-state index in [1.165, 1.54) is 13.0 Å². The number of benzene rings is 1. The van der Waals surface area contributed by atoms with Crippen molar-refractivity contribution >= 4 is 23.2 Å². The summed E-state index contributed by atoms with van der Waals surface area (Å²) in [6.45, 7) is 3.48. The summed E-state index contributed by atoms with van der Waals surface area (Å²) in [4.78, 5) is 29.5. The van der Waals surface area contributed by atoms with Gasteiger partial charge in [-0.1, -0.05) is 0 Å². The zero-order valence-corrected chi connectivity index (χ0v) is 19.4. The molecule has 1 aromatic rings. The van der Waals surface area contributed by atoms with Gasteiger partial charge in [-0.05, 0) is 87.3 Å². The molecule has 6 aliphatic rings. The molecule has 0 aromatic heterocycles. The highest BCUT2D eigenvalue weighted by Gasteiger charge is 2.62. The molecule has 2 N–H and O–H groups in total. The van der Waals surface area contributed by atoms with Crippen molar-refractivity contribution < 1.29 is 19.1 Å². The van der Waals surface area contributed by atoms with Crippen LogP contribution in [0, 0.1) is 29.0 Å². The molecule has 7 heteroatoms. The van der Waals surface area contributed by atoms with Crippen molar-refractivity contribution in [3.05, 3.63) is 24.0 Å². The van der Waals surface area contributed by atoms with Crippen molar-refractivity contribution in [2.24, 2.45) is 23.2 Å². The molecule has 7 rings (SSSR count). The zero-order valence-electron chi connectivity index (χ0n) is 19.4. The van der Waals surface area contributed by atoms with Crippen LogP contribution < -0.4 is 10.2 Å². The molecule has 1 spiro atoms. The number of amides is 2. The molecule has 4 aliphatic carbocycles. The molecule has 2 heterocycles. The molecule has 33 heavy (non-hydrogen) atoms. The lowest BCUT2D eigenvalue weighted by molar-refractivity contribution is -0.167. The van der Waals surface area contributed by atoms with Crippen molar-refractivity contribution in [3.8, 4) is 0 Å². The van der Waals surface area contributed by atoms with Gasteiger partial charge in [-0.15, -0.1) is 0 Å². The van der Waals surface area contributed by atoms with Gasteiger partial charge in [0.25, 0.3) is 0 Å². The number of carbonyl (C=O) groups is 2. The van der Waals surface area contributed by atoms with E-state index in [0.717, 1.165) is 64.5 Å². The first-order valence-electron chi connectivity index (χ1n) is 12.6. The lowest BCUT2D eigenvalue weighted by Gasteiger charge is -2.61. The van der Waals surface area contributed by atoms with Crippen LogP contribution in [0.15, 0.2) is 18.2 Å². The average molecular weight is 456 g/mol. The van der Waals surface area contributed by atoms with Crippen LogP contribution in [-0.2, 0) is 9.59 Å². The van der Waals surface area contributed by atoms with Gasteiger partial charge < -0.3 is 20.2 Å². The van der Waals surface area contributed by atoms with Gasteiger partial charge in [0.2, 0.25) is 11.8 Å². The summed E-state index contributed by atoms with van der Waals surface area (Å²) >= 11 is 0. The van der Waals surface area contributed by atoms with Crippen molar-refractivity contribution in [1.82, 2.24) is 4.90 Å². The monoisotopic (exact) mass is 455 g/mol. The number of likely N-dealkylation sites (tertiary alicyclic amines) is 1. The highest BCUT2D eigenvalue weighted by Crippen LogP contribution is 2.59. The van der Waals surface area contributed by atoms with Gasteiger partial charge in [-0.3, -0.25) is 9.59 Å². The molecule has 2 amide bonds. The maximum absolute atomic E-state index is 15.0. The predicted molar refractivity (Wildman–Crippen MR) is 123 cm³/mol. The van der Waals surface area contributed by atoms with Gasteiger partial charge in [0, 0.05) is 37.8 Å². The van der Waals surface area contributed by atoms with Crippen LogP contribution in [-0.4, -0.2) is 53.1 Å². The van der Waals surface area contributed by atoms with Crippen LogP contribution in [0.1, 0.15) is 58.3 Å². The standard InChI is InChI=1S/C26H34FN3O3/c1-16(31)28-20-3-4-22(21(27)11-20)29-7-2-5-25(15-29)6-8-30(24(25)33)26-12-17-9-18(13-26)23(32)19(10-17)14-26/h3-4,11,17-19,23,32H,2,5-10,12-15H2,1H3,(H,28,31)/t17?,18?,19?,23?,25-,26?/m1/s1. The van der Waals surface area contributed by atoms with E-state index in [-0.39, 0.29) is 29.3 Å². The second-order valence-electron chi connectivity index (χ2n) is 11.5. The molecule has 6 nitrogen and oxygen atoms in total. The normalized spacial score (nSPS) is 39.5. The van der Waals surface area contributed by atoms with Gasteiger partial charge in [-0.25, -0.2) is 4.39 Å². The molecule has 4 saturated carbocycles. The summed E-state index contributed by atoms with van der Waals surface area (Å²) in [6.07, 6.45) is 7.61. The summed E-state index contributed by atoms with van der Waals surface area (Å²) in [5.41, 5.74) is 0.447. The Hall–Kier alpha value is -2.15. The first kappa shape index (κ1) is 21.4. The van der Waals surface area contributed by atoms with Crippen molar-refractivity contribution in [2.75, 3.05) is 29.9 Å². The molecule has 1 aromatic carbocycles. The smallest absolute Gasteiger partial charge is 0.231 e. The molecule has 4 bridgehead atoms. The molecular formula is C26H34FN3O3. The number of aliphatic hydroxyl groups is 1. The van der Waals surface area contributed by atoms with E-state index >= 15 is 0 Å². The Balaban J connectivity index is 1.23. The molecule has 178 valence electrons. The van der Waals surface area contributed by atoms with E-state index < -0.39 is 5.41 Å². The first-order chi connectivity index (χ1) is 15.8. The average Bonchev–Trinajstić information content (AvgIpc) is 3.07. The number of hydrogen-bond acceptors (Lipinski definition) is 4. The van der Waals surface area contributed by atoms with Gasteiger partial charge >= 0.3 is 0 Å². The maximum Gasteiger partial charge on any atom is 0.231 e. The number of halogens is 1. The minimum absolute atomic E-state index is 0.0656. The fourth-order valence-electron chi connectivity index (χ4n) is 8.32. The number of anilines is 2. The number of piperidine rings is 1. The molecule has 6 fully saturated rings. The van der Waals surface area contributed by atoms with E-state index in [2.05, 4.69) is 10.2 Å². The molecule has 2 unspecified atom stereocenters. The van der Waals surface area contributed by atoms with Crippen LogP contribution in [0.2, 0.25) is 0 Å². The zero-order chi connectivity index (χ0) is 23.0. The number of aliphatic hydroxyl groups excluding tert-OH is 1. The van der Waals surface area contributed by atoms with Crippen LogP contribution in [0.4, 0.5) is 15.8 Å². The van der Waals surface area contributed by atoms with E-state index in [1.54, 1.807) is 12.1 Å². The lowest BCUT2D eigenvalue weighted by atomic mass is 9.51. The predicted octanol–water partition coefficient (Wildman–Crippen LogP) is 3.54. The van der Waals surface area contributed by atoms with Crippen LogP contribution in [0.25, 0.3) is 0 Å². The summed E-state index contributed by atoms with van der Waals surface area (Å²) in [5, 5.41) is 13.3. The Morgan fingerprint density at radius 1 is 1.15 bits per heavy atom. The third-order valence-electron chi connectivity index (χ3n) is 9.46. The summed E-state index contributed by atoms with van der Waals surface area (Å²) in [5.74, 6) is 1.01. The summed E-state index contributed by atoms with van der Waals surface area (Å²) in [7, 11) is 0. The van der Waals surface area contributed by atoms with Crippen LogP contribution in [0.3, 0.4) is 0 Å². The largest absolute Gasteiger partial charge is 0.393 e. The van der Waals surface area contributed by atoms with Gasteiger partial charge in [0.05, 0.1) is 17.2 Å². The van der Waals surface area contributed by atoms with Crippen LogP contribution >= 0.6 is 0 Å². The second-order valence-corrected chi connectivity index (χ2v) is 11.5. The summed E-state index contributed by atoms with van der Waals surface area (Å²) < 4.78 is 15.0. The Morgan fingerprint density at radius 3 is 2.61 bits per heavy atom. The maximum atomic E-state index is 15.0. The highest BCUT2D eigenvalue weighted by molar-refractivity contribution is 5.89. The molecule has 0 radical (unpaired) electrons. The minimum atomic E-state index is -0.442. The van der Waals surface area contributed by atoms with E-state index in [9.17, 15) is 19.1 Å². The van der Waals surface area contributed by atoms with E-state index in [4.69, 9.17) is 0 Å². The molecule has 2 saturated heterocycles. The Labute approximate surface area is 194 Å². The summed E-state index contributed by atoms with van der Waals surface area (Å²) in [6, 6.07) is 4.81. The number of nitrogens with one attached hydrogen (secondary N) is 1. The second kappa shape index (κ2) is 7.42. The lowest BCUT2D eigenvalue weighted by Crippen LogP contribution is -2.65. The molecular weight excluding hydrogens is 421 g/mol. The third kappa shape index (κ3) is 3.29. The van der Waals surface area contributed by atoms with Crippen molar-refractivity contribution in [3.63, 3.8) is 0 Å². The minimum Gasteiger partial charge on any atom is -0.393 e. The highest BCUT2D eigenvalue weighted by atomic mass is 19.1. The fraction of sp³-hybridized carbons (Fsp3) is 0.692. The number of hydrogen-bond donors (Lipinski definition) is 2. The third-order valence-corrected chi connectivity index (χ3v) is 9.46. The SMILES string of the molecule is CC(=O)Nc1ccc(N2CCC[C@@]3(CCN(C45CC6CC(C4)C(O)C(C6)C5)C3=O)C2)c(F)c1. The topological polar surface area (TPSA) is 72.9 Å². The van der Waals surface area contributed by atoms with Crippen LogP contribution in [0.5, 0.6) is 0 Å². The van der Waals surface area contributed by atoms with E-state index in [1.807, 2.05) is 4.90 Å². The molecule has 3 atom stereocenters. The fourth-order valence-corrected chi connectivity index (χ4v) is 8.32.